The van der Waals surface area contributed by atoms with Gasteiger partial charge in [0, 0.05) is 5.70 Å². The minimum absolute atomic E-state index is 1.02. The van der Waals surface area contributed by atoms with E-state index in [0.717, 1.165) is 5.88 Å². The molecule has 0 aliphatic carbocycles. The zero-order chi connectivity index (χ0) is 6.10. The first-order valence-corrected chi connectivity index (χ1v) is 3.87. The summed E-state index contributed by atoms with van der Waals surface area (Å²) >= 11 is 1.81. The number of hydrogen-bond acceptors (Lipinski definition) is 2. The Balaban J connectivity index is 2.33. The number of fused-ring (bicyclic) bond motifs is 1. The lowest BCUT2D eigenvalue weighted by Crippen LogP contribution is -2.11. The van der Waals surface area contributed by atoms with Crippen LogP contribution in [0.3, 0.4) is 0 Å². The molecule has 2 heteroatoms. The maximum absolute atomic E-state index is 3.11. The third-order valence-corrected chi connectivity index (χ3v) is 2.13. The molecular weight excluding hydrogens is 130 g/mol. The average Bonchev–Trinajstić information content (AvgIpc) is 2.33. The highest BCUT2D eigenvalue weighted by Crippen LogP contribution is 2.25. The lowest BCUT2D eigenvalue weighted by atomic mass is 10.3. The molecule has 0 aromatic carbocycles. The van der Waals surface area contributed by atoms with E-state index in [1.807, 2.05) is 23.9 Å². The van der Waals surface area contributed by atoms with Crippen molar-refractivity contribution in [2.75, 3.05) is 5.88 Å². The average molecular weight is 136 g/mol. The van der Waals surface area contributed by atoms with Gasteiger partial charge in [-0.05, 0) is 17.6 Å². The van der Waals surface area contributed by atoms with Crippen LogP contribution in [-0.2, 0) is 0 Å². The van der Waals surface area contributed by atoms with Crippen molar-refractivity contribution in [1.29, 1.82) is 0 Å². The van der Waals surface area contributed by atoms with E-state index >= 15 is 0 Å². The normalized spacial score (nSPS) is 22.2. The van der Waals surface area contributed by atoms with Crippen LogP contribution in [0.15, 0.2) is 29.3 Å². The zero-order valence-corrected chi connectivity index (χ0v) is 5.69. The Bertz CT molecular complexity index is 200. The number of nitrogens with zero attached hydrogens (tertiary/aromatic N) is 1. The van der Waals surface area contributed by atoms with E-state index in [1.165, 1.54) is 5.70 Å². The van der Waals surface area contributed by atoms with Gasteiger partial charge in [0.2, 0.25) is 0 Å². The molecule has 2 heterocycles. The van der Waals surface area contributed by atoms with Crippen LogP contribution in [0.1, 0.15) is 0 Å². The van der Waals surface area contributed by atoms with E-state index in [-0.39, 0.29) is 0 Å². The van der Waals surface area contributed by atoms with Gasteiger partial charge < -0.3 is 4.90 Å². The molecule has 2 aliphatic rings. The van der Waals surface area contributed by atoms with Gasteiger partial charge in [-0.1, -0.05) is 6.08 Å². The van der Waals surface area contributed by atoms with Crippen molar-refractivity contribution in [3.8, 4) is 0 Å². The predicted octanol–water partition coefficient (Wildman–Crippen LogP) is 1.72. The van der Waals surface area contributed by atoms with E-state index in [1.54, 1.807) is 0 Å². The molecule has 0 unspecified atom stereocenters. The lowest BCUT2D eigenvalue weighted by Gasteiger charge is -2.14. The van der Waals surface area contributed by atoms with Crippen molar-refractivity contribution in [3.05, 3.63) is 35.5 Å². The maximum atomic E-state index is 3.11. The monoisotopic (exact) mass is 136 g/mol. The second kappa shape index (κ2) is 1.95. The molecule has 0 atom stereocenters. The highest BCUT2D eigenvalue weighted by Gasteiger charge is 2.11. The summed E-state index contributed by atoms with van der Waals surface area (Å²) in [6.45, 7) is 0. The van der Waals surface area contributed by atoms with E-state index in [0.29, 0.717) is 0 Å². The van der Waals surface area contributed by atoms with E-state index in [9.17, 15) is 0 Å². The minimum atomic E-state index is 1.02. The number of hydrogen-bond donors (Lipinski definition) is 0. The fourth-order valence-corrected chi connectivity index (χ4v) is 1.68. The molecular formula is C7H6NS. The number of thioether (sulfide) groups is 1. The largest absolute Gasteiger partial charge is 0.329 e. The van der Waals surface area contributed by atoms with Crippen molar-refractivity contribution in [2.45, 2.75) is 0 Å². The quantitative estimate of drug-likeness (QED) is 0.499. The first kappa shape index (κ1) is 5.18. The lowest BCUT2D eigenvalue weighted by molar-refractivity contribution is 0.549. The van der Waals surface area contributed by atoms with Crippen LogP contribution in [0, 0.1) is 6.20 Å². The summed E-state index contributed by atoms with van der Waals surface area (Å²) in [5, 5.41) is 2.15. The van der Waals surface area contributed by atoms with Crippen LogP contribution in [0.25, 0.3) is 0 Å². The summed E-state index contributed by atoms with van der Waals surface area (Å²) in [5.74, 6) is 1.02. The van der Waals surface area contributed by atoms with Crippen LogP contribution < -0.4 is 0 Å². The fraction of sp³-hybridized carbons (Fsp3) is 0.143. The van der Waals surface area contributed by atoms with Gasteiger partial charge in [-0.15, -0.1) is 11.8 Å². The Morgan fingerprint density at radius 3 is 3.56 bits per heavy atom. The van der Waals surface area contributed by atoms with Gasteiger partial charge in [-0.3, -0.25) is 0 Å². The first-order valence-electron chi connectivity index (χ1n) is 2.82. The second-order valence-corrected chi connectivity index (χ2v) is 2.75. The molecule has 0 saturated heterocycles. The van der Waals surface area contributed by atoms with Crippen molar-refractivity contribution in [3.63, 3.8) is 0 Å². The molecule has 2 aliphatic heterocycles. The van der Waals surface area contributed by atoms with Crippen LogP contribution in [0.5, 0.6) is 0 Å². The summed E-state index contributed by atoms with van der Waals surface area (Å²) in [7, 11) is 0. The Labute approximate surface area is 58.7 Å². The van der Waals surface area contributed by atoms with Gasteiger partial charge in [0.15, 0.2) is 0 Å². The van der Waals surface area contributed by atoms with Gasteiger partial charge in [-0.2, -0.15) is 0 Å². The Kier molecular flexibility index (Phi) is 1.12. The van der Waals surface area contributed by atoms with Gasteiger partial charge in [0.05, 0.1) is 12.1 Å². The van der Waals surface area contributed by atoms with Crippen LogP contribution in [0.4, 0.5) is 0 Å². The van der Waals surface area contributed by atoms with Crippen molar-refractivity contribution < 1.29 is 0 Å². The smallest absolute Gasteiger partial charge is 0.0730 e. The Hall–Kier alpha value is -0.630. The standard InChI is InChI=1S/C7H6NS/c1-2-4-8-6-9-5-7(8)3-1/h1-3,5H,6H2. The molecule has 0 fully saturated rings. The molecule has 9 heavy (non-hydrogen) atoms. The van der Waals surface area contributed by atoms with Gasteiger partial charge in [-0.25, -0.2) is 0 Å². The molecule has 0 saturated carbocycles. The molecule has 0 bridgehead atoms. The topological polar surface area (TPSA) is 3.24 Å². The Morgan fingerprint density at radius 1 is 1.67 bits per heavy atom. The zero-order valence-electron chi connectivity index (χ0n) is 4.87. The SMILES string of the molecule is [C]1=CC=CC2=CSCN12. The van der Waals surface area contributed by atoms with Crippen molar-refractivity contribution in [1.82, 2.24) is 4.90 Å². The highest BCUT2D eigenvalue weighted by atomic mass is 32.2. The number of allylic oxidation sites excluding steroid dienone is 3. The summed E-state index contributed by atoms with van der Waals surface area (Å²) in [5.41, 5.74) is 1.27. The molecule has 0 spiro atoms. The second-order valence-electron chi connectivity index (χ2n) is 1.92. The predicted molar refractivity (Wildman–Crippen MR) is 39.3 cm³/mol. The van der Waals surface area contributed by atoms with Crippen molar-refractivity contribution in [2.24, 2.45) is 0 Å². The molecule has 2 rings (SSSR count). The third kappa shape index (κ3) is 0.793. The summed E-state index contributed by atoms with van der Waals surface area (Å²) in [6, 6.07) is 0. The molecule has 0 amide bonds. The maximum Gasteiger partial charge on any atom is 0.0730 e. The van der Waals surface area contributed by atoms with Gasteiger partial charge >= 0.3 is 0 Å². The third-order valence-electron chi connectivity index (χ3n) is 1.31. The van der Waals surface area contributed by atoms with Gasteiger partial charge in [0.1, 0.15) is 0 Å². The molecule has 45 valence electrons. The highest BCUT2D eigenvalue weighted by molar-refractivity contribution is 8.02. The molecule has 0 aromatic heterocycles. The number of rotatable bonds is 0. The van der Waals surface area contributed by atoms with Crippen LogP contribution >= 0.6 is 11.8 Å². The van der Waals surface area contributed by atoms with Crippen molar-refractivity contribution >= 4 is 11.8 Å². The molecule has 0 N–H and O–H groups in total. The van der Waals surface area contributed by atoms with E-state index < -0.39 is 0 Å². The molecule has 1 nitrogen and oxygen atoms in total. The Morgan fingerprint density at radius 2 is 2.67 bits per heavy atom. The van der Waals surface area contributed by atoms with Crippen LogP contribution in [-0.4, -0.2) is 10.8 Å². The molecule has 0 aromatic rings. The summed E-state index contributed by atoms with van der Waals surface area (Å²) in [4.78, 5) is 2.10. The van der Waals surface area contributed by atoms with E-state index in [2.05, 4.69) is 22.6 Å². The van der Waals surface area contributed by atoms with Crippen LogP contribution in [0.2, 0.25) is 0 Å². The summed E-state index contributed by atoms with van der Waals surface area (Å²) in [6.07, 6.45) is 9.15. The van der Waals surface area contributed by atoms with E-state index in [4.69, 9.17) is 0 Å². The summed E-state index contributed by atoms with van der Waals surface area (Å²) < 4.78 is 0. The molecule has 1 radical (unpaired) electrons. The minimum Gasteiger partial charge on any atom is -0.329 e. The fourth-order valence-electron chi connectivity index (χ4n) is 0.856. The first-order chi connectivity index (χ1) is 4.47. The van der Waals surface area contributed by atoms with Gasteiger partial charge in [0.25, 0.3) is 0 Å².